The first kappa shape index (κ1) is 21.4. The van der Waals surface area contributed by atoms with Crippen LogP contribution in [-0.4, -0.2) is 55.6 Å². The van der Waals surface area contributed by atoms with Crippen molar-refractivity contribution < 1.29 is 0 Å². The summed E-state index contributed by atoms with van der Waals surface area (Å²) in [5.41, 5.74) is 12.7. The van der Waals surface area contributed by atoms with Crippen molar-refractivity contribution in [1.29, 1.82) is 0 Å². The number of hydrogen-bond donors (Lipinski definition) is 2. The average Bonchev–Trinajstić information content (AvgIpc) is 2.69. The lowest BCUT2D eigenvalue weighted by Crippen LogP contribution is -2.48. The highest BCUT2D eigenvalue weighted by atomic mass is 15.3. The van der Waals surface area contributed by atoms with Gasteiger partial charge in [0, 0.05) is 25.7 Å². The van der Waals surface area contributed by atoms with Crippen LogP contribution in [0.4, 0.5) is 0 Å². The topological polar surface area (TPSA) is 58.5 Å². The summed E-state index contributed by atoms with van der Waals surface area (Å²) in [6, 6.07) is 11.6. The molecular formula is C22H40N4. The zero-order valence-corrected chi connectivity index (χ0v) is 16.6. The minimum atomic E-state index is 0.545. The molecule has 1 aliphatic rings. The van der Waals surface area contributed by atoms with E-state index in [2.05, 4.69) is 40.1 Å². The second kappa shape index (κ2) is 13.3. The Balaban J connectivity index is 1.82. The van der Waals surface area contributed by atoms with Crippen molar-refractivity contribution in [3.63, 3.8) is 0 Å². The highest BCUT2D eigenvalue weighted by Gasteiger charge is 2.27. The largest absolute Gasteiger partial charge is 0.330 e. The Labute approximate surface area is 160 Å². The molecule has 0 bridgehead atoms. The first-order chi connectivity index (χ1) is 12.8. The van der Waals surface area contributed by atoms with Gasteiger partial charge >= 0.3 is 0 Å². The summed E-state index contributed by atoms with van der Waals surface area (Å²) >= 11 is 0. The lowest BCUT2D eigenvalue weighted by Gasteiger charge is -2.42. The number of nitrogens with zero attached hydrogens (tertiary/aromatic N) is 2. The molecule has 1 aromatic rings. The molecule has 0 saturated carbocycles. The molecule has 4 nitrogen and oxygen atoms in total. The van der Waals surface area contributed by atoms with Gasteiger partial charge in [0.05, 0.1) is 0 Å². The van der Waals surface area contributed by atoms with E-state index < -0.39 is 0 Å². The van der Waals surface area contributed by atoms with Crippen LogP contribution in [0.2, 0.25) is 0 Å². The maximum Gasteiger partial charge on any atom is 0.0475 e. The molecule has 1 fully saturated rings. The van der Waals surface area contributed by atoms with Gasteiger partial charge in [0.1, 0.15) is 0 Å². The molecule has 2 rings (SSSR count). The molecule has 0 radical (unpaired) electrons. The molecule has 4 N–H and O–H groups in total. The summed E-state index contributed by atoms with van der Waals surface area (Å²) in [4.78, 5) is 5.38. The van der Waals surface area contributed by atoms with E-state index in [0.717, 1.165) is 13.1 Å². The van der Waals surface area contributed by atoms with Gasteiger partial charge in [0.25, 0.3) is 0 Å². The van der Waals surface area contributed by atoms with E-state index in [1.807, 2.05) is 0 Å². The van der Waals surface area contributed by atoms with Crippen molar-refractivity contribution in [2.24, 2.45) is 11.5 Å². The predicted octanol–water partition coefficient (Wildman–Crippen LogP) is 3.38. The van der Waals surface area contributed by atoms with Crippen molar-refractivity contribution in [3.8, 4) is 0 Å². The smallest absolute Gasteiger partial charge is 0.0475 e. The zero-order valence-electron chi connectivity index (χ0n) is 16.6. The van der Waals surface area contributed by atoms with E-state index in [-0.39, 0.29) is 0 Å². The van der Waals surface area contributed by atoms with Gasteiger partial charge in [0.2, 0.25) is 0 Å². The Morgan fingerprint density at radius 1 is 0.731 bits per heavy atom. The number of benzene rings is 1. The number of rotatable bonds is 13. The molecule has 1 unspecified atom stereocenters. The number of piperazine rings is 1. The molecule has 26 heavy (non-hydrogen) atoms. The van der Waals surface area contributed by atoms with Crippen LogP contribution in [-0.2, 0) is 0 Å². The Morgan fingerprint density at radius 3 is 2.00 bits per heavy atom. The third-order valence-electron chi connectivity index (χ3n) is 5.59. The quantitative estimate of drug-likeness (QED) is 0.530. The molecule has 1 saturated heterocycles. The number of unbranched alkanes of at least 4 members (excludes halogenated alkanes) is 6. The zero-order chi connectivity index (χ0) is 18.5. The van der Waals surface area contributed by atoms with Crippen molar-refractivity contribution in [2.75, 3.05) is 45.8 Å². The van der Waals surface area contributed by atoms with Crippen LogP contribution in [0, 0.1) is 0 Å². The van der Waals surface area contributed by atoms with Gasteiger partial charge in [-0.3, -0.25) is 4.90 Å². The fourth-order valence-corrected chi connectivity index (χ4v) is 3.99. The van der Waals surface area contributed by atoms with Crippen LogP contribution >= 0.6 is 0 Å². The van der Waals surface area contributed by atoms with E-state index in [4.69, 9.17) is 11.5 Å². The van der Waals surface area contributed by atoms with Crippen LogP contribution < -0.4 is 11.5 Å². The van der Waals surface area contributed by atoms with E-state index in [0.29, 0.717) is 6.04 Å². The molecule has 4 heteroatoms. The summed E-state index contributed by atoms with van der Waals surface area (Å²) in [5, 5.41) is 0. The van der Waals surface area contributed by atoms with Crippen molar-refractivity contribution in [3.05, 3.63) is 35.9 Å². The Morgan fingerprint density at radius 2 is 1.35 bits per heavy atom. The van der Waals surface area contributed by atoms with Crippen LogP contribution in [0.5, 0.6) is 0 Å². The lowest BCUT2D eigenvalue weighted by molar-refractivity contribution is 0.0713. The molecule has 148 valence electrons. The summed E-state index contributed by atoms with van der Waals surface area (Å²) in [7, 11) is 0. The molecule has 0 amide bonds. The van der Waals surface area contributed by atoms with E-state index in [1.165, 1.54) is 89.7 Å². The van der Waals surface area contributed by atoms with Crippen LogP contribution in [0.3, 0.4) is 0 Å². The Kier molecular flexibility index (Phi) is 10.9. The highest BCUT2D eigenvalue weighted by Crippen LogP contribution is 2.26. The maximum atomic E-state index is 5.61. The van der Waals surface area contributed by atoms with Gasteiger partial charge < -0.3 is 16.4 Å². The van der Waals surface area contributed by atoms with Crippen molar-refractivity contribution in [1.82, 2.24) is 9.80 Å². The second-order valence-electron chi connectivity index (χ2n) is 7.67. The van der Waals surface area contributed by atoms with E-state index in [1.54, 1.807) is 0 Å². The summed E-state index contributed by atoms with van der Waals surface area (Å²) in [6.45, 7) is 7.69. The normalized spacial score (nSPS) is 19.1. The monoisotopic (exact) mass is 360 g/mol. The molecule has 0 aliphatic carbocycles. The third-order valence-corrected chi connectivity index (χ3v) is 5.59. The molecule has 1 heterocycles. The lowest BCUT2D eigenvalue weighted by atomic mass is 10.0. The van der Waals surface area contributed by atoms with Crippen LogP contribution in [0.15, 0.2) is 30.3 Å². The SMILES string of the molecule is NCCCCCCN1CCN(CCCCCCN)C(c2ccccc2)C1. The van der Waals surface area contributed by atoms with Gasteiger partial charge in [-0.1, -0.05) is 56.0 Å². The fourth-order valence-electron chi connectivity index (χ4n) is 3.99. The van der Waals surface area contributed by atoms with Gasteiger partial charge in [-0.15, -0.1) is 0 Å². The summed E-state index contributed by atoms with van der Waals surface area (Å²) in [6.07, 6.45) is 10.1. The minimum absolute atomic E-state index is 0.545. The summed E-state index contributed by atoms with van der Waals surface area (Å²) < 4.78 is 0. The standard InChI is InChI=1S/C22H40N4/c23-14-8-1-3-10-16-25-18-19-26(17-11-4-2-9-15-24)22(20-25)21-12-6-5-7-13-21/h5-7,12-13,22H,1-4,8-11,14-20,23-24H2. The van der Waals surface area contributed by atoms with Gasteiger partial charge in [-0.05, 0) is 57.4 Å². The van der Waals surface area contributed by atoms with Crippen molar-refractivity contribution >= 4 is 0 Å². The first-order valence-electron chi connectivity index (χ1n) is 10.8. The Hall–Kier alpha value is -0.940. The van der Waals surface area contributed by atoms with Crippen LogP contribution in [0.25, 0.3) is 0 Å². The van der Waals surface area contributed by atoms with Gasteiger partial charge in [-0.25, -0.2) is 0 Å². The third kappa shape index (κ3) is 7.75. The van der Waals surface area contributed by atoms with E-state index >= 15 is 0 Å². The van der Waals surface area contributed by atoms with Crippen molar-refractivity contribution in [2.45, 2.75) is 57.4 Å². The molecule has 0 spiro atoms. The van der Waals surface area contributed by atoms with Crippen LogP contribution in [0.1, 0.15) is 63.0 Å². The number of hydrogen-bond acceptors (Lipinski definition) is 4. The summed E-state index contributed by atoms with van der Waals surface area (Å²) in [5.74, 6) is 0. The second-order valence-corrected chi connectivity index (χ2v) is 7.67. The van der Waals surface area contributed by atoms with Gasteiger partial charge in [-0.2, -0.15) is 0 Å². The first-order valence-corrected chi connectivity index (χ1v) is 10.8. The fraction of sp³-hybridized carbons (Fsp3) is 0.727. The molecule has 1 aromatic carbocycles. The molecule has 1 aliphatic heterocycles. The maximum absolute atomic E-state index is 5.61. The molecular weight excluding hydrogens is 320 g/mol. The average molecular weight is 361 g/mol. The van der Waals surface area contributed by atoms with Gasteiger partial charge in [0.15, 0.2) is 0 Å². The highest BCUT2D eigenvalue weighted by molar-refractivity contribution is 5.20. The Bertz CT molecular complexity index is 451. The number of nitrogens with two attached hydrogens (primary N) is 2. The molecule has 1 atom stereocenters. The predicted molar refractivity (Wildman–Crippen MR) is 112 cm³/mol. The minimum Gasteiger partial charge on any atom is -0.330 e. The molecule has 0 aromatic heterocycles. The van der Waals surface area contributed by atoms with E-state index in [9.17, 15) is 0 Å².